The Morgan fingerprint density at radius 1 is 1.58 bits per heavy atom. The van der Waals surface area contributed by atoms with Gasteiger partial charge < -0.3 is 10.2 Å². The molecule has 1 atom stereocenters. The largest absolute Gasteiger partial charge is 0.338 e. The molecular weight excluding hydrogens is 258 g/mol. The fourth-order valence-electron chi connectivity index (χ4n) is 2.59. The summed E-state index contributed by atoms with van der Waals surface area (Å²) in [6.45, 7) is 6.84. The Labute approximate surface area is 119 Å². The van der Waals surface area contributed by atoms with Gasteiger partial charge in [0.1, 0.15) is 4.88 Å². The second-order valence-electron chi connectivity index (χ2n) is 5.24. The van der Waals surface area contributed by atoms with Crippen molar-refractivity contribution >= 4 is 17.2 Å². The normalized spacial score (nSPS) is 19.1. The van der Waals surface area contributed by atoms with Crippen molar-refractivity contribution in [3.8, 4) is 0 Å². The molecule has 1 N–H and O–H groups in total. The number of nitrogens with zero attached hydrogens (tertiary/aromatic N) is 2. The molecule has 0 aromatic carbocycles. The molecule has 1 aromatic rings. The highest BCUT2D eigenvalue weighted by Gasteiger charge is 2.28. The Hall–Kier alpha value is -0.940. The summed E-state index contributed by atoms with van der Waals surface area (Å²) in [4.78, 5) is 19.8. The number of nitrogens with one attached hydrogen (secondary N) is 1. The summed E-state index contributed by atoms with van der Waals surface area (Å²) in [6, 6.07) is 0. The Bertz CT molecular complexity index is 444. The maximum absolute atomic E-state index is 12.5. The van der Waals surface area contributed by atoms with Crippen LogP contribution < -0.4 is 5.32 Å². The Kier molecular flexibility index (Phi) is 4.93. The fourth-order valence-corrected chi connectivity index (χ4v) is 3.72. The number of carbonyl (C=O) groups is 1. The van der Waals surface area contributed by atoms with Gasteiger partial charge in [-0.25, -0.2) is 4.98 Å². The van der Waals surface area contributed by atoms with Crippen LogP contribution in [0, 0.1) is 12.8 Å². The molecule has 1 aliphatic rings. The first-order valence-corrected chi connectivity index (χ1v) is 7.87. The van der Waals surface area contributed by atoms with Gasteiger partial charge in [0, 0.05) is 13.1 Å². The van der Waals surface area contributed by atoms with Gasteiger partial charge in [-0.05, 0) is 45.7 Å². The summed E-state index contributed by atoms with van der Waals surface area (Å²) >= 11 is 1.58. The van der Waals surface area contributed by atoms with E-state index in [1.165, 1.54) is 0 Å². The van der Waals surface area contributed by atoms with Crippen LogP contribution in [0.5, 0.6) is 0 Å². The highest BCUT2D eigenvalue weighted by Crippen LogP contribution is 2.24. The van der Waals surface area contributed by atoms with Crippen LogP contribution in [0.3, 0.4) is 0 Å². The fraction of sp³-hybridized carbons (Fsp3) is 0.714. The predicted octanol–water partition coefficient (Wildman–Crippen LogP) is 2.09. The van der Waals surface area contributed by atoms with E-state index < -0.39 is 0 Å². The molecule has 106 valence electrons. The minimum Gasteiger partial charge on any atom is -0.338 e. The van der Waals surface area contributed by atoms with Crippen molar-refractivity contribution in [2.75, 3.05) is 26.7 Å². The van der Waals surface area contributed by atoms with E-state index >= 15 is 0 Å². The predicted molar refractivity (Wildman–Crippen MR) is 78.8 cm³/mol. The minimum atomic E-state index is 0.177. The summed E-state index contributed by atoms with van der Waals surface area (Å²) < 4.78 is 0. The maximum Gasteiger partial charge on any atom is 0.265 e. The molecule has 5 heteroatoms. The summed E-state index contributed by atoms with van der Waals surface area (Å²) in [5, 5.41) is 4.29. The van der Waals surface area contributed by atoms with Gasteiger partial charge >= 0.3 is 0 Å². The second-order valence-corrected chi connectivity index (χ2v) is 6.32. The third-order valence-corrected chi connectivity index (χ3v) is 4.77. The first-order chi connectivity index (χ1) is 9.15. The molecule has 0 bridgehead atoms. The molecule has 1 aromatic heterocycles. The smallest absolute Gasteiger partial charge is 0.265 e. The molecule has 1 fully saturated rings. The van der Waals surface area contributed by atoms with E-state index in [1.54, 1.807) is 11.3 Å². The minimum absolute atomic E-state index is 0.177. The van der Waals surface area contributed by atoms with E-state index in [9.17, 15) is 4.79 Å². The van der Waals surface area contributed by atoms with Gasteiger partial charge in [-0.2, -0.15) is 0 Å². The summed E-state index contributed by atoms with van der Waals surface area (Å²) in [6.07, 6.45) is 3.15. The van der Waals surface area contributed by atoms with E-state index in [4.69, 9.17) is 0 Å². The van der Waals surface area contributed by atoms with Crippen molar-refractivity contribution in [3.05, 3.63) is 15.6 Å². The van der Waals surface area contributed by atoms with Crippen LogP contribution in [0.25, 0.3) is 0 Å². The van der Waals surface area contributed by atoms with E-state index in [2.05, 4.69) is 17.2 Å². The molecule has 0 spiro atoms. The van der Waals surface area contributed by atoms with Gasteiger partial charge in [0.15, 0.2) is 0 Å². The zero-order chi connectivity index (χ0) is 13.8. The van der Waals surface area contributed by atoms with Crippen molar-refractivity contribution in [2.45, 2.75) is 33.1 Å². The molecular formula is C14H23N3OS. The number of amides is 1. The lowest BCUT2D eigenvalue weighted by atomic mass is 10.1. The quantitative estimate of drug-likeness (QED) is 0.899. The molecule has 0 saturated carbocycles. The van der Waals surface area contributed by atoms with Crippen LogP contribution in [-0.2, 0) is 6.42 Å². The third kappa shape index (κ3) is 3.34. The average Bonchev–Trinajstić information content (AvgIpc) is 2.97. The number of hydrogen-bond donors (Lipinski definition) is 1. The van der Waals surface area contributed by atoms with Gasteiger partial charge in [-0.3, -0.25) is 4.79 Å². The Balaban J connectivity index is 2.03. The Morgan fingerprint density at radius 3 is 3.05 bits per heavy atom. The van der Waals surface area contributed by atoms with Crippen molar-refractivity contribution in [3.63, 3.8) is 0 Å². The monoisotopic (exact) mass is 281 g/mol. The van der Waals surface area contributed by atoms with E-state index in [-0.39, 0.29) is 5.91 Å². The zero-order valence-electron chi connectivity index (χ0n) is 12.0. The van der Waals surface area contributed by atoms with Crippen LogP contribution in [0.1, 0.15) is 40.1 Å². The molecule has 19 heavy (non-hydrogen) atoms. The van der Waals surface area contributed by atoms with Crippen molar-refractivity contribution in [1.29, 1.82) is 0 Å². The summed E-state index contributed by atoms with van der Waals surface area (Å²) in [5.74, 6) is 0.772. The number of thiazole rings is 1. The van der Waals surface area contributed by atoms with E-state index in [0.717, 1.165) is 54.5 Å². The highest BCUT2D eigenvalue weighted by molar-refractivity contribution is 7.13. The van der Waals surface area contributed by atoms with Crippen LogP contribution in [0.2, 0.25) is 0 Å². The lowest BCUT2D eigenvalue weighted by molar-refractivity contribution is 0.0791. The second kappa shape index (κ2) is 6.48. The number of carbonyl (C=O) groups excluding carboxylic acids is 1. The van der Waals surface area contributed by atoms with E-state index in [1.807, 2.05) is 18.9 Å². The molecule has 1 aliphatic heterocycles. The van der Waals surface area contributed by atoms with Gasteiger partial charge in [0.05, 0.1) is 10.7 Å². The summed E-state index contributed by atoms with van der Waals surface area (Å²) in [7, 11) is 1.97. The number of rotatable bonds is 5. The lowest BCUT2D eigenvalue weighted by Gasteiger charge is -2.15. The van der Waals surface area contributed by atoms with Crippen molar-refractivity contribution < 1.29 is 4.79 Å². The number of aromatic nitrogens is 1. The number of aryl methyl sites for hydroxylation is 2. The zero-order valence-corrected chi connectivity index (χ0v) is 12.8. The van der Waals surface area contributed by atoms with Gasteiger partial charge in [0.2, 0.25) is 0 Å². The van der Waals surface area contributed by atoms with Crippen molar-refractivity contribution in [2.24, 2.45) is 5.92 Å². The standard InChI is InChI=1S/C14H23N3OS/c1-4-5-12-16-10(2)13(19-12)14(18)17-7-6-11(9-17)8-15-3/h11,15H,4-9H2,1-3H3. The SMILES string of the molecule is CCCc1nc(C)c(C(=O)N2CCC(CNC)C2)s1. The average molecular weight is 281 g/mol. The molecule has 1 unspecified atom stereocenters. The van der Waals surface area contributed by atoms with E-state index in [0.29, 0.717) is 5.92 Å². The van der Waals surface area contributed by atoms with Gasteiger partial charge in [-0.15, -0.1) is 11.3 Å². The Morgan fingerprint density at radius 2 is 2.37 bits per heavy atom. The topological polar surface area (TPSA) is 45.2 Å². The molecule has 4 nitrogen and oxygen atoms in total. The van der Waals surface area contributed by atoms with Crippen LogP contribution in [0.4, 0.5) is 0 Å². The third-order valence-electron chi connectivity index (χ3n) is 3.56. The number of likely N-dealkylation sites (tertiary alicyclic amines) is 1. The lowest BCUT2D eigenvalue weighted by Crippen LogP contribution is -2.30. The van der Waals surface area contributed by atoms with Crippen LogP contribution in [-0.4, -0.2) is 42.5 Å². The van der Waals surface area contributed by atoms with Gasteiger partial charge in [0.25, 0.3) is 5.91 Å². The first kappa shape index (κ1) is 14.5. The summed E-state index contributed by atoms with van der Waals surface area (Å²) in [5.41, 5.74) is 0.899. The molecule has 2 rings (SSSR count). The first-order valence-electron chi connectivity index (χ1n) is 7.05. The molecule has 1 amide bonds. The molecule has 1 saturated heterocycles. The number of hydrogen-bond acceptors (Lipinski definition) is 4. The highest BCUT2D eigenvalue weighted by atomic mass is 32.1. The van der Waals surface area contributed by atoms with Crippen molar-refractivity contribution in [1.82, 2.24) is 15.2 Å². The maximum atomic E-state index is 12.5. The van der Waals surface area contributed by atoms with Crippen LogP contribution in [0.15, 0.2) is 0 Å². The molecule has 0 radical (unpaired) electrons. The van der Waals surface area contributed by atoms with Gasteiger partial charge in [-0.1, -0.05) is 6.92 Å². The molecule has 2 heterocycles. The van der Waals surface area contributed by atoms with Crippen LogP contribution >= 0.6 is 11.3 Å². The molecule has 0 aliphatic carbocycles.